The Hall–Kier alpha value is -8.03. The second kappa shape index (κ2) is 11.7. The number of nitrogens with zero attached hydrogens (tertiary/aromatic N) is 5. The van der Waals surface area contributed by atoms with Crippen molar-refractivity contribution in [3.63, 3.8) is 0 Å². The number of hydrogen-bond acceptors (Lipinski definition) is 5. The van der Waals surface area contributed by atoms with Gasteiger partial charge in [0.1, 0.15) is 22.3 Å². The van der Waals surface area contributed by atoms with E-state index in [-0.39, 0.29) is 0 Å². The van der Waals surface area contributed by atoms with Crippen LogP contribution in [0.25, 0.3) is 121 Å². The van der Waals surface area contributed by atoms with Crippen molar-refractivity contribution in [2.75, 3.05) is 0 Å². The van der Waals surface area contributed by atoms with Gasteiger partial charge in [0.15, 0.2) is 0 Å². The lowest BCUT2D eigenvalue weighted by Gasteiger charge is -2.10. The highest BCUT2D eigenvalue weighted by Crippen LogP contribution is 2.40. The number of pyridine rings is 3. The minimum Gasteiger partial charge on any atom is -0.456 e. The highest BCUT2D eigenvalue weighted by atomic mass is 16.3. The second-order valence-electron chi connectivity index (χ2n) is 14.9. The Balaban J connectivity index is 0.923. The number of hydrogen-bond donors (Lipinski definition) is 0. The molecule has 0 atom stereocenters. The van der Waals surface area contributed by atoms with Gasteiger partial charge in [-0.2, -0.15) is 0 Å². The van der Waals surface area contributed by atoms with Gasteiger partial charge in [0.2, 0.25) is 0 Å². The summed E-state index contributed by atoms with van der Waals surface area (Å²) in [5.74, 6) is 0. The quantitative estimate of drug-likeness (QED) is 0.179. The molecule has 0 aliphatic carbocycles. The lowest BCUT2D eigenvalue weighted by atomic mass is 9.97. The Morgan fingerprint density at radius 2 is 0.897 bits per heavy atom. The summed E-state index contributed by atoms with van der Waals surface area (Å²) in [6.07, 6.45) is 9.16. The third kappa shape index (κ3) is 4.46. The molecule has 0 aliphatic rings. The van der Waals surface area contributed by atoms with Gasteiger partial charge in [-0.25, -0.2) is 0 Å². The summed E-state index contributed by atoms with van der Waals surface area (Å²) in [6, 6.07) is 51.8. The van der Waals surface area contributed by atoms with E-state index in [1.54, 1.807) is 12.4 Å². The minimum absolute atomic E-state index is 0.834. The molecule has 0 fully saturated rings. The van der Waals surface area contributed by atoms with Crippen molar-refractivity contribution in [2.24, 2.45) is 0 Å². The van der Waals surface area contributed by atoms with Gasteiger partial charge in [-0.15, -0.1) is 0 Å². The molecule has 0 saturated heterocycles. The van der Waals surface area contributed by atoms with Gasteiger partial charge in [0.25, 0.3) is 0 Å². The van der Waals surface area contributed by atoms with Crippen LogP contribution < -0.4 is 0 Å². The molecular formula is C51H29N5O2. The summed E-state index contributed by atoms with van der Waals surface area (Å²) in [7, 11) is 0. The molecule has 0 unspecified atom stereocenters. The molecule has 13 aromatic rings. The molecule has 13 rings (SSSR count). The molecule has 0 bridgehead atoms. The Morgan fingerprint density at radius 1 is 0.345 bits per heavy atom. The first-order chi connectivity index (χ1) is 28.7. The fourth-order valence-electron chi connectivity index (χ4n) is 9.10. The Bertz CT molecular complexity index is 3580. The summed E-state index contributed by atoms with van der Waals surface area (Å²) < 4.78 is 16.9. The van der Waals surface area contributed by atoms with Crippen molar-refractivity contribution < 1.29 is 8.83 Å². The van der Waals surface area contributed by atoms with Gasteiger partial charge in [0, 0.05) is 80.1 Å². The normalized spacial score (nSPS) is 12.1. The predicted molar refractivity (Wildman–Crippen MR) is 234 cm³/mol. The van der Waals surface area contributed by atoms with Gasteiger partial charge < -0.3 is 18.0 Å². The highest BCUT2D eigenvalue weighted by Gasteiger charge is 2.18. The zero-order chi connectivity index (χ0) is 37.9. The summed E-state index contributed by atoms with van der Waals surface area (Å²) in [4.78, 5) is 13.6. The van der Waals surface area contributed by atoms with Crippen LogP contribution in [0.4, 0.5) is 0 Å². The molecule has 270 valence electrons. The zero-order valence-electron chi connectivity index (χ0n) is 30.8. The van der Waals surface area contributed by atoms with Gasteiger partial charge in [-0.1, -0.05) is 48.5 Å². The molecule has 0 aliphatic heterocycles. The molecule has 0 saturated carbocycles. The first-order valence-electron chi connectivity index (χ1n) is 19.3. The fraction of sp³-hybridized carbons (Fsp3) is 0. The number of furan rings is 2. The van der Waals surface area contributed by atoms with E-state index >= 15 is 0 Å². The Morgan fingerprint density at radius 3 is 1.59 bits per heavy atom. The fourth-order valence-corrected chi connectivity index (χ4v) is 9.10. The van der Waals surface area contributed by atoms with Crippen molar-refractivity contribution in [2.45, 2.75) is 0 Å². The monoisotopic (exact) mass is 743 g/mol. The van der Waals surface area contributed by atoms with E-state index in [0.717, 1.165) is 110 Å². The lowest BCUT2D eigenvalue weighted by Crippen LogP contribution is -1.93. The molecule has 0 radical (unpaired) electrons. The maximum absolute atomic E-state index is 6.13. The van der Waals surface area contributed by atoms with Gasteiger partial charge >= 0.3 is 0 Å². The van der Waals surface area contributed by atoms with Crippen molar-refractivity contribution in [3.05, 3.63) is 177 Å². The minimum atomic E-state index is 0.834. The largest absolute Gasteiger partial charge is 0.456 e. The third-order valence-electron chi connectivity index (χ3n) is 11.7. The summed E-state index contributed by atoms with van der Waals surface area (Å²) in [5, 5.41) is 7.63. The van der Waals surface area contributed by atoms with Crippen LogP contribution in [0.5, 0.6) is 0 Å². The van der Waals surface area contributed by atoms with E-state index in [9.17, 15) is 0 Å². The van der Waals surface area contributed by atoms with Gasteiger partial charge in [-0.3, -0.25) is 15.0 Å². The lowest BCUT2D eigenvalue weighted by molar-refractivity contribution is 0.668. The summed E-state index contributed by atoms with van der Waals surface area (Å²) in [5.41, 5.74) is 15.5. The standard InChI is InChI=1S/C51H29N5O2/c1-2-8-43-36(7-1)37-24-32(10-14-44(37)55(43)34-12-16-47-38(26-34)41-28-52-21-18-49(41)57-47)30-5-3-6-31(23-30)33-11-15-45-40(25-33)51-46(9-4-20-54-51)56(45)35-13-17-48-39(27-35)42-29-53-22-19-50(42)58-48/h1-29H. The average Bonchev–Trinajstić information content (AvgIpc) is 4.03. The second-order valence-corrected chi connectivity index (χ2v) is 14.9. The molecule has 6 aromatic carbocycles. The predicted octanol–water partition coefficient (Wildman–Crippen LogP) is 13.2. The van der Waals surface area contributed by atoms with E-state index in [2.05, 4.69) is 140 Å². The third-order valence-corrected chi connectivity index (χ3v) is 11.7. The van der Waals surface area contributed by atoms with E-state index in [1.165, 1.54) is 10.8 Å². The number of rotatable bonds is 4. The molecule has 0 N–H and O–H groups in total. The maximum Gasteiger partial charge on any atom is 0.138 e. The average molecular weight is 744 g/mol. The Kier molecular flexibility index (Phi) is 6.32. The zero-order valence-corrected chi connectivity index (χ0v) is 30.8. The van der Waals surface area contributed by atoms with Crippen molar-refractivity contribution in [3.8, 4) is 33.6 Å². The smallest absolute Gasteiger partial charge is 0.138 e. The van der Waals surface area contributed by atoms with E-state index < -0.39 is 0 Å². The molecule has 7 nitrogen and oxygen atoms in total. The van der Waals surface area contributed by atoms with Crippen LogP contribution in [0, 0.1) is 0 Å². The van der Waals surface area contributed by atoms with E-state index in [1.807, 2.05) is 42.9 Å². The number of aromatic nitrogens is 5. The molecule has 58 heavy (non-hydrogen) atoms. The first-order valence-corrected chi connectivity index (χ1v) is 19.3. The topological polar surface area (TPSA) is 74.8 Å². The highest BCUT2D eigenvalue weighted by molar-refractivity contribution is 6.12. The van der Waals surface area contributed by atoms with Crippen LogP contribution in [-0.4, -0.2) is 24.1 Å². The Labute approximate surface area is 329 Å². The summed E-state index contributed by atoms with van der Waals surface area (Å²) in [6.45, 7) is 0. The molecule has 0 amide bonds. The summed E-state index contributed by atoms with van der Waals surface area (Å²) >= 11 is 0. The van der Waals surface area contributed by atoms with Crippen LogP contribution in [0.1, 0.15) is 0 Å². The number of fused-ring (bicyclic) bond motifs is 12. The van der Waals surface area contributed by atoms with Crippen molar-refractivity contribution in [1.29, 1.82) is 0 Å². The van der Waals surface area contributed by atoms with Crippen LogP contribution in [0.3, 0.4) is 0 Å². The molecule has 7 heterocycles. The van der Waals surface area contributed by atoms with Crippen LogP contribution in [0.15, 0.2) is 185 Å². The van der Waals surface area contributed by atoms with Crippen molar-refractivity contribution >= 4 is 87.6 Å². The first kappa shape index (κ1) is 31.2. The van der Waals surface area contributed by atoms with Gasteiger partial charge in [-0.05, 0) is 119 Å². The number of benzene rings is 6. The number of para-hydroxylation sites is 1. The van der Waals surface area contributed by atoms with E-state index in [4.69, 9.17) is 13.8 Å². The van der Waals surface area contributed by atoms with Gasteiger partial charge in [0.05, 0.1) is 27.6 Å². The van der Waals surface area contributed by atoms with Crippen LogP contribution in [0.2, 0.25) is 0 Å². The van der Waals surface area contributed by atoms with Crippen LogP contribution >= 0.6 is 0 Å². The molecular weight excluding hydrogens is 715 g/mol. The van der Waals surface area contributed by atoms with Crippen LogP contribution in [-0.2, 0) is 0 Å². The molecule has 7 heteroatoms. The van der Waals surface area contributed by atoms with E-state index in [0.29, 0.717) is 0 Å². The SMILES string of the molecule is c1cc(-c2ccc3c(c2)c2ccccc2n3-c2ccc3oc4ccncc4c3c2)cc(-c2ccc3c(c2)c2ncccc2n3-c2ccc3oc4ccncc4c3c2)c1. The maximum atomic E-state index is 6.13. The van der Waals surface area contributed by atoms with Crippen molar-refractivity contribution in [1.82, 2.24) is 24.1 Å². The molecule has 0 spiro atoms. The molecule has 7 aromatic heterocycles.